The highest BCUT2D eigenvalue weighted by Gasteiger charge is 2.18. The number of rotatable bonds is 3. The van der Waals surface area contributed by atoms with E-state index in [1.54, 1.807) is 6.08 Å². The first-order valence-electron chi connectivity index (χ1n) is 5.84. The minimum atomic E-state index is 0.231. The molecular formula is C12H23N3O3. The van der Waals surface area contributed by atoms with Crippen LogP contribution in [0.3, 0.4) is 0 Å². The molecule has 0 unspecified atom stereocenters. The molecule has 0 spiro atoms. The van der Waals surface area contributed by atoms with E-state index in [0.29, 0.717) is 11.8 Å². The van der Waals surface area contributed by atoms with Gasteiger partial charge < -0.3 is 26.0 Å². The summed E-state index contributed by atoms with van der Waals surface area (Å²) in [6.45, 7) is 1.81. The van der Waals surface area contributed by atoms with E-state index in [4.69, 9.17) is 26.5 Å². The first-order chi connectivity index (χ1) is 8.67. The topological polar surface area (TPSA) is 114 Å². The van der Waals surface area contributed by atoms with Crippen molar-refractivity contribution in [3.8, 4) is 0 Å². The molecule has 0 aromatic carbocycles. The van der Waals surface area contributed by atoms with Gasteiger partial charge in [0.2, 0.25) is 0 Å². The van der Waals surface area contributed by atoms with Gasteiger partial charge in [-0.1, -0.05) is 0 Å². The minimum Gasteiger partial charge on any atom is -0.513 e. The van der Waals surface area contributed by atoms with E-state index in [-0.39, 0.29) is 12.3 Å². The van der Waals surface area contributed by atoms with Crippen molar-refractivity contribution in [2.45, 2.75) is 12.8 Å². The van der Waals surface area contributed by atoms with Crippen LogP contribution in [-0.2, 0) is 0 Å². The lowest BCUT2D eigenvalue weighted by Gasteiger charge is -2.31. The number of likely N-dealkylation sites (tertiary alicyclic amines) is 1. The monoisotopic (exact) mass is 257 g/mol. The Labute approximate surface area is 108 Å². The maximum Gasteiger partial charge on any atom is 0.120 e. The SMILES string of the molecule is CO.N=C(/C=C\C(N)=C\O)N1CCC(CO)CC1. The van der Waals surface area contributed by atoms with E-state index in [0.717, 1.165) is 39.3 Å². The van der Waals surface area contributed by atoms with Crippen molar-refractivity contribution >= 4 is 5.84 Å². The third-order valence-corrected chi connectivity index (χ3v) is 2.80. The fourth-order valence-corrected chi connectivity index (χ4v) is 1.68. The standard InChI is InChI=1S/C11H19N3O2.CH4O/c12-10(8-16)1-2-11(13)14-5-3-9(7-15)4-6-14;1-2/h1-2,8-9,13,15-16H,3-7,12H2;2H,1H3/b2-1-,10-8-,13-11?;. The molecule has 0 aromatic heterocycles. The van der Waals surface area contributed by atoms with Gasteiger partial charge in [-0.3, -0.25) is 5.41 Å². The van der Waals surface area contributed by atoms with Crippen molar-refractivity contribution in [3.63, 3.8) is 0 Å². The lowest BCUT2D eigenvalue weighted by molar-refractivity contribution is 0.166. The molecule has 1 fully saturated rings. The summed E-state index contributed by atoms with van der Waals surface area (Å²) < 4.78 is 0. The van der Waals surface area contributed by atoms with Gasteiger partial charge in [-0.05, 0) is 30.9 Å². The van der Waals surface area contributed by atoms with Crippen molar-refractivity contribution in [3.05, 3.63) is 24.1 Å². The van der Waals surface area contributed by atoms with Gasteiger partial charge in [0.05, 0.1) is 5.70 Å². The summed E-state index contributed by atoms with van der Waals surface area (Å²) in [5, 5.41) is 32.3. The minimum absolute atomic E-state index is 0.231. The molecule has 1 rings (SSSR count). The molecule has 104 valence electrons. The normalized spacial score (nSPS) is 17.5. The molecular weight excluding hydrogens is 234 g/mol. The second kappa shape index (κ2) is 9.49. The average molecular weight is 257 g/mol. The number of nitrogens with zero attached hydrogens (tertiary/aromatic N) is 1. The Kier molecular flexibility index (Phi) is 8.69. The average Bonchev–Trinajstić information content (AvgIpc) is 2.46. The van der Waals surface area contributed by atoms with Crippen LogP contribution in [0, 0.1) is 11.3 Å². The summed E-state index contributed by atoms with van der Waals surface area (Å²) in [4.78, 5) is 1.94. The number of allylic oxidation sites excluding steroid dienone is 1. The van der Waals surface area contributed by atoms with Gasteiger partial charge >= 0.3 is 0 Å². The maximum absolute atomic E-state index is 8.99. The Hall–Kier alpha value is -1.53. The Morgan fingerprint density at radius 2 is 1.89 bits per heavy atom. The fourth-order valence-electron chi connectivity index (χ4n) is 1.68. The molecule has 1 aliphatic rings. The highest BCUT2D eigenvalue weighted by Crippen LogP contribution is 2.16. The maximum atomic E-state index is 8.99. The predicted molar refractivity (Wildman–Crippen MR) is 71.3 cm³/mol. The smallest absolute Gasteiger partial charge is 0.120 e. The van der Waals surface area contributed by atoms with Gasteiger partial charge in [0.25, 0.3) is 0 Å². The molecule has 0 saturated carbocycles. The van der Waals surface area contributed by atoms with Crippen LogP contribution in [-0.4, -0.2) is 52.9 Å². The van der Waals surface area contributed by atoms with Crippen LogP contribution >= 0.6 is 0 Å². The number of aliphatic hydroxyl groups is 3. The molecule has 0 aliphatic carbocycles. The summed E-state index contributed by atoms with van der Waals surface area (Å²) in [6, 6.07) is 0. The number of hydrogen-bond donors (Lipinski definition) is 5. The van der Waals surface area contributed by atoms with Crippen LogP contribution in [0.15, 0.2) is 24.1 Å². The Bertz CT molecular complexity index is 295. The largest absolute Gasteiger partial charge is 0.513 e. The molecule has 0 radical (unpaired) electrons. The molecule has 0 amide bonds. The van der Waals surface area contributed by atoms with Crippen molar-refractivity contribution in [1.29, 1.82) is 5.41 Å². The number of nitrogens with one attached hydrogen (secondary N) is 1. The highest BCUT2D eigenvalue weighted by atomic mass is 16.3. The van der Waals surface area contributed by atoms with Crippen molar-refractivity contribution < 1.29 is 15.3 Å². The lowest BCUT2D eigenvalue weighted by Crippen LogP contribution is -2.38. The summed E-state index contributed by atoms with van der Waals surface area (Å²) >= 11 is 0. The molecule has 1 saturated heterocycles. The number of aliphatic hydroxyl groups excluding tert-OH is 3. The summed E-state index contributed by atoms with van der Waals surface area (Å²) in [5.41, 5.74) is 5.60. The molecule has 0 bridgehead atoms. The third kappa shape index (κ3) is 5.70. The lowest BCUT2D eigenvalue weighted by atomic mass is 9.98. The number of nitrogens with two attached hydrogens (primary N) is 1. The zero-order valence-electron chi connectivity index (χ0n) is 10.7. The quantitative estimate of drug-likeness (QED) is 0.214. The van der Waals surface area contributed by atoms with Crippen LogP contribution in [0.4, 0.5) is 0 Å². The third-order valence-electron chi connectivity index (χ3n) is 2.80. The Morgan fingerprint density at radius 1 is 1.33 bits per heavy atom. The Morgan fingerprint density at radius 3 is 2.33 bits per heavy atom. The van der Waals surface area contributed by atoms with Crippen LogP contribution in [0.25, 0.3) is 0 Å². The fraction of sp³-hybridized carbons (Fsp3) is 0.583. The van der Waals surface area contributed by atoms with E-state index < -0.39 is 0 Å². The zero-order chi connectivity index (χ0) is 14.0. The second-order valence-electron chi connectivity index (χ2n) is 3.96. The van der Waals surface area contributed by atoms with E-state index in [1.807, 2.05) is 4.90 Å². The van der Waals surface area contributed by atoms with Crippen molar-refractivity contribution in [1.82, 2.24) is 4.90 Å². The van der Waals surface area contributed by atoms with Gasteiger partial charge in [-0.25, -0.2) is 0 Å². The summed E-state index contributed by atoms with van der Waals surface area (Å²) in [6.07, 6.45) is 5.71. The van der Waals surface area contributed by atoms with E-state index in [2.05, 4.69) is 0 Å². The number of piperidine rings is 1. The summed E-state index contributed by atoms with van der Waals surface area (Å²) in [5.74, 6) is 0.761. The first-order valence-corrected chi connectivity index (χ1v) is 5.84. The van der Waals surface area contributed by atoms with E-state index in [1.165, 1.54) is 6.08 Å². The van der Waals surface area contributed by atoms with Gasteiger partial charge in [0.15, 0.2) is 0 Å². The number of amidine groups is 1. The highest BCUT2D eigenvalue weighted by molar-refractivity contribution is 5.90. The molecule has 6 heteroatoms. The van der Waals surface area contributed by atoms with E-state index >= 15 is 0 Å². The van der Waals surface area contributed by atoms with Gasteiger partial charge in [-0.2, -0.15) is 0 Å². The van der Waals surface area contributed by atoms with Crippen LogP contribution in [0.2, 0.25) is 0 Å². The number of hydrogen-bond acceptors (Lipinski definition) is 5. The van der Waals surface area contributed by atoms with Gasteiger partial charge in [0.1, 0.15) is 12.1 Å². The molecule has 0 aromatic rings. The zero-order valence-corrected chi connectivity index (χ0v) is 10.7. The van der Waals surface area contributed by atoms with Crippen molar-refractivity contribution in [2.75, 3.05) is 26.8 Å². The van der Waals surface area contributed by atoms with Crippen molar-refractivity contribution in [2.24, 2.45) is 11.7 Å². The second-order valence-corrected chi connectivity index (χ2v) is 3.96. The van der Waals surface area contributed by atoms with Crippen LogP contribution in [0.5, 0.6) is 0 Å². The van der Waals surface area contributed by atoms with E-state index in [9.17, 15) is 0 Å². The predicted octanol–water partition coefficient (Wildman–Crippen LogP) is 0.191. The van der Waals surface area contributed by atoms with Crippen LogP contribution in [0.1, 0.15) is 12.8 Å². The van der Waals surface area contributed by atoms with Gasteiger partial charge in [-0.15, -0.1) is 0 Å². The van der Waals surface area contributed by atoms with Gasteiger partial charge in [0, 0.05) is 26.8 Å². The molecule has 1 heterocycles. The molecule has 0 atom stereocenters. The molecule has 1 aliphatic heterocycles. The molecule has 6 nitrogen and oxygen atoms in total. The Balaban J connectivity index is 0.00000137. The first kappa shape index (κ1) is 16.5. The molecule has 18 heavy (non-hydrogen) atoms. The molecule has 6 N–H and O–H groups in total. The van der Waals surface area contributed by atoms with Crippen LogP contribution < -0.4 is 5.73 Å². The summed E-state index contributed by atoms with van der Waals surface area (Å²) in [7, 11) is 1.00.